The molecule has 1 rings (SSSR count). The molecule has 0 radical (unpaired) electrons. The van der Waals surface area contributed by atoms with Crippen molar-refractivity contribution in [3.63, 3.8) is 0 Å². The number of nitrogens with one attached hydrogen (secondary N) is 1. The zero-order valence-electron chi connectivity index (χ0n) is 8.72. The molecular weight excluding hydrogens is 178 g/mol. The highest BCUT2D eigenvalue weighted by Crippen LogP contribution is 2.27. The first kappa shape index (κ1) is 11.5. The average molecular weight is 199 g/mol. The second-order valence-corrected chi connectivity index (χ2v) is 4.11. The highest BCUT2D eigenvalue weighted by molar-refractivity contribution is 5.86. The molecule has 4 nitrogen and oxygen atoms in total. The van der Waals surface area contributed by atoms with Crippen LogP contribution in [0.3, 0.4) is 0 Å². The Hall–Kier alpha value is -0.610. The molecule has 1 aliphatic carbocycles. The van der Waals surface area contributed by atoms with E-state index in [1.165, 1.54) is 0 Å². The molecule has 0 aromatic heterocycles. The molecule has 0 bridgehead atoms. The van der Waals surface area contributed by atoms with Crippen LogP contribution in [-0.2, 0) is 4.79 Å². The lowest BCUT2D eigenvalue weighted by atomic mass is 9.98. The average Bonchev–Trinajstić information content (AvgIpc) is 2.61. The fraction of sp³-hybridized carbons (Fsp3) is 0.900. The van der Waals surface area contributed by atoms with Gasteiger partial charge in [-0.1, -0.05) is 12.8 Å². The molecule has 5 N–H and O–H groups in total. The van der Waals surface area contributed by atoms with E-state index in [2.05, 4.69) is 5.32 Å². The molecule has 0 aliphatic heterocycles. The Morgan fingerprint density at radius 3 is 2.50 bits per heavy atom. The number of hydrogen-bond donors (Lipinski definition) is 3. The van der Waals surface area contributed by atoms with E-state index in [1.807, 2.05) is 0 Å². The lowest BCUT2D eigenvalue weighted by Gasteiger charge is -2.22. The van der Waals surface area contributed by atoms with Crippen molar-refractivity contribution in [1.29, 1.82) is 0 Å². The van der Waals surface area contributed by atoms with Crippen molar-refractivity contribution in [3.8, 4) is 0 Å². The van der Waals surface area contributed by atoms with E-state index in [1.54, 1.807) is 0 Å². The van der Waals surface area contributed by atoms with Gasteiger partial charge in [-0.05, 0) is 32.2 Å². The minimum atomic E-state index is -0.581. The fourth-order valence-electron chi connectivity index (χ4n) is 1.88. The topological polar surface area (TPSA) is 81.1 Å². The van der Waals surface area contributed by atoms with Gasteiger partial charge in [-0.2, -0.15) is 0 Å². The molecule has 0 spiro atoms. The van der Waals surface area contributed by atoms with Crippen LogP contribution in [0.25, 0.3) is 0 Å². The van der Waals surface area contributed by atoms with Crippen molar-refractivity contribution < 1.29 is 4.79 Å². The fourth-order valence-corrected chi connectivity index (χ4v) is 1.88. The third-order valence-electron chi connectivity index (χ3n) is 2.86. The quantitative estimate of drug-likeness (QED) is 0.550. The Balaban J connectivity index is 2.20. The summed E-state index contributed by atoms with van der Waals surface area (Å²) in [5, 5.41) is 2.88. The number of unbranched alkanes of at least 4 members (excludes halogenated alkanes) is 1. The highest BCUT2D eigenvalue weighted by atomic mass is 16.2. The second-order valence-electron chi connectivity index (χ2n) is 4.11. The van der Waals surface area contributed by atoms with Crippen LogP contribution >= 0.6 is 0 Å². The van der Waals surface area contributed by atoms with Crippen LogP contribution in [0.2, 0.25) is 0 Å². The number of rotatable bonds is 5. The van der Waals surface area contributed by atoms with Crippen molar-refractivity contribution >= 4 is 5.91 Å². The van der Waals surface area contributed by atoms with Crippen LogP contribution in [0, 0.1) is 0 Å². The maximum Gasteiger partial charge on any atom is 0.240 e. The summed E-state index contributed by atoms with van der Waals surface area (Å²) in [5.41, 5.74) is 10.8. The summed E-state index contributed by atoms with van der Waals surface area (Å²) in [6.45, 7) is 1.39. The van der Waals surface area contributed by atoms with E-state index >= 15 is 0 Å². The predicted octanol–water partition coefficient (Wildman–Crippen LogP) is 0.113. The van der Waals surface area contributed by atoms with Crippen LogP contribution in [0.1, 0.15) is 38.5 Å². The van der Waals surface area contributed by atoms with Gasteiger partial charge in [-0.3, -0.25) is 4.79 Å². The number of carbonyl (C=O) groups is 1. The van der Waals surface area contributed by atoms with Crippen molar-refractivity contribution in [2.24, 2.45) is 11.5 Å². The van der Waals surface area contributed by atoms with Crippen molar-refractivity contribution in [2.75, 3.05) is 13.1 Å². The molecule has 14 heavy (non-hydrogen) atoms. The van der Waals surface area contributed by atoms with Crippen LogP contribution in [0.4, 0.5) is 0 Å². The van der Waals surface area contributed by atoms with Gasteiger partial charge >= 0.3 is 0 Å². The molecule has 1 aliphatic rings. The molecule has 0 unspecified atom stereocenters. The summed E-state index contributed by atoms with van der Waals surface area (Å²) in [4.78, 5) is 11.7. The Morgan fingerprint density at radius 2 is 1.93 bits per heavy atom. The van der Waals surface area contributed by atoms with E-state index in [9.17, 15) is 4.79 Å². The lowest BCUT2D eigenvalue weighted by molar-refractivity contribution is -0.126. The van der Waals surface area contributed by atoms with E-state index in [-0.39, 0.29) is 5.91 Å². The number of amides is 1. The monoisotopic (exact) mass is 199 g/mol. The van der Waals surface area contributed by atoms with E-state index < -0.39 is 5.54 Å². The van der Waals surface area contributed by atoms with Gasteiger partial charge < -0.3 is 16.8 Å². The summed E-state index contributed by atoms with van der Waals surface area (Å²) < 4.78 is 0. The Kier molecular flexibility index (Phi) is 4.35. The van der Waals surface area contributed by atoms with Gasteiger partial charge in [0.15, 0.2) is 0 Å². The Morgan fingerprint density at radius 1 is 1.29 bits per heavy atom. The first-order valence-electron chi connectivity index (χ1n) is 5.46. The SMILES string of the molecule is NCCCCNC(=O)C1(N)CCCC1. The summed E-state index contributed by atoms with van der Waals surface area (Å²) >= 11 is 0. The molecule has 1 saturated carbocycles. The van der Waals surface area contributed by atoms with Crippen molar-refractivity contribution in [1.82, 2.24) is 5.32 Å². The van der Waals surface area contributed by atoms with Crippen molar-refractivity contribution in [3.05, 3.63) is 0 Å². The van der Waals surface area contributed by atoms with Crippen molar-refractivity contribution in [2.45, 2.75) is 44.1 Å². The first-order valence-corrected chi connectivity index (χ1v) is 5.46. The highest BCUT2D eigenvalue weighted by Gasteiger charge is 2.36. The molecule has 0 heterocycles. The molecule has 0 aromatic carbocycles. The Labute approximate surface area is 85.4 Å². The number of nitrogens with two attached hydrogens (primary N) is 2. The van der Waals surface area contributed by atoms with E-state index in [4.69, 9.17) is 11.5 Å². The number of carbonyl (C=O) groups excluding carboxylic acids is 1. The van der Waals surface area contributed by atoms with Crippen LogP contribution in [0.15, 0.2) is 0 Å². The molecule has 1 amide bonds. The smallest absolute Gasteiger partial charge is 0.240 e. The first-order chi connectivity index (χ1) is 6.69. The minimum Gasteiger partial charge on any atom is -0.355 e. The Bertz CT molecular complexity index is 188. The van der Waals surface area contributed by atoms with Gasteiger partial charge in [0.1, 0.15) is 0 Å². The summed E-state index contributed by atoms with van der Waals surface area (Å²) in [6, 6.07) is 0. The van der Waals surface area contributed by atoms with E-state index in [0.29, 0.717) is 13.1 Å². The van der Waals surface area contributed by atoms with E-state index in [0.717, 1.165) is 38.5 Å². The predicted molar refractivity (Wildman–Crippen MR) is 56.7 cm³/mol. The zero-order valence-corrected chi connectivity index (χ0v) is 8.72. The minimum absolute atomic E-state index is 0.0204. The molecule has 0 atom stereocenters. The van der Waals surface area contributed by atoms with Crippen LogP contribution in [0.5, 0.6) is 0 Å². The molecule has 4 heteroatoms. The molecular formula is C10H21N3O. The molecule has 1 fully saturated rings. The third kappa shape index (κ3) is 2.96. The van der Waals surface area contributed by atoms with Crippen LogP contribution < -0.4 is 16.8 Å². The van der Waals surface area contributed by atoms with Gasteiger partial charge in [-0.15, -0.1) is 0 Å². The standard InChI is InChI=1S/C10H21N3O/c11-7-3-4-8-13-9(14)10(12)5-1-2-6-10/h1-8,11-12H2,(H,13,14). The normalized spacial score (nSPS) is 19.6. The third-order valence-corrected chi connectivity index (χ3v) is 2.86. The lowest BCUT2D eigenvalue weighted by Crippen LogP contribution is -2.52. The summed E-state index contributed by atoms with van der Waals surface area (Å²) in [5.74, 6) is 0.0204. The molecule has 0 saturated heterocycles. The number of hydrogen-bond acceptors (Lipinski definition) is 3. The van der Waals surface area contributed by atoms with Gasteiger partial charge in [0.25, 0.3) is 0 Å². The largest absolute Gasteiger partial charge is 0.355 e. The molecule has 0 aromatic rings. The van der Waals surface area contributed by atoms with Gasteiger partial charge in [0.05, 0.1) is 5.54 Å². The zero-order chi connectivity index (χ0) is 10.4. The van der Waals surface area contributed by atoms with Gasteiger partial charge in [0.2, 0.25) is 5.91 Å². The molecule has 82 valence electrons. The van der Waals surface area contributed by atoms with Gasteiger partial charge in [-0.25, -0.2) is 0 Å². The summed E-state index contributed by atoms with van der Waals surface area (Å²) in [7, 11) is 0. The summed E-state index contributed by atoms with van der Waals surface area (Å²) in [6.07, 6.45) is 5.71. The maximum atomic E-state index is 11.7. The second kappa shape index (κ2) is 5.32. The van der Waals surface area contributed by atoms with Crippen LogP contribution in [-0.4, -0.2) is 24.5 Å². The maximum absolute atomic E-state index is 11.7. The van der Waals surface area contributed by atoms with Gasteiger partial charge in [0, 0.05) is 6.54 Å².